The maximum Gasteiger partial charge on any atom is 0.254 e. The van der Waals surface area contributed by atoms with Gasteiger partial charge in [0.15, 0.2) is 0 Å². The molecule has 0 bridgehead atoms. The predicted octanol–water partition coefficient (Wildman–Crippen LogP) is 3.35. The Morgan fingerprint density at radius 3 is 2.62 bits per heavy atom. The molecule has 4 heteroatoms. The fourth-order valence-electron chi connectivity index (χ4n) is 2.77. The van der Waals surface area contributed by atoms with Gasteiger partial charge in [0.2, 0.25) is 0 Å². The second-order valence-electron chi connectivity index (χ2n) is 5.62. The summed E-state index contributed by atoms with van der Waals surface area (Å²) >= 11 is 1.92. The highest BCUT2D eigenvalue weighted by Crippen LogP contribution is 2.25. The Morgan fingerprint density at radius 1 is 1.19 bits per heavy atom. The highest BCUT2D eigenvalue weighted by molar-refractivity contribution is 7.99. The number of amides is 1. The van der Waals surface area contributed by atoms with Gasteiger partial charge in [-0.1, -0.05) is 12.1 Å². The van der Waals surface area contributed by atoms with Crippen molar-refractivity contribution in [2.45, 2.75) is 20.8 Å². The van der Waals surface area contributed by atoms with Crippen molar-refractivity contribution in [1.29, 1.82) is 0 Å². The number of nitrogens with zero attached hydrogens (tertiary/aromatic N) is 2. The van der Waals surface area contributed by atoms with Gasteiger partial charge in [0.25, 0.3) is 5.91 Å². The van der Waals surface area contributed by atoms with Crippen LogP contribution in [-0.4, -0.2) is 40.4 Å². The quantitative estimate of drug-likeness (QED) is 0.810. The van der Waals surface area contributed by atoms with E-state index in [1.165, 1.54) is 11.1 Å². The Bertz CT molecular complexity index is 705. The van der Waals surface area contributed by atoms with Crippen molar-refractivity contribution >= 4 is 28.6 Å². The number of hydrogen-bond acceptors (Lipinski definition) is 3. The van der Waals surface area contributed by atoms with Crippen LogP contribution in [0.15, 0.2) is 18.2 Å². The van der Waals surface area contributed by atoms with Gasteiger partial charge in [-0.15, -0.1) is 0 Å². The first kappa shape index (κ1) is 14.4. The lowest BCUT2D eigenvalue weighted by Gasteiger charge is -2.27. The molecule has 1 aromatic carbocycles. The molecule has 21 heavy (non-hydrogen) atoms. The summed E-state index contributed by atoms with van der Waals surface area (Å²) in [5, 5.41) is 0.979. The molecule has 0 radical (unpaired) electrons. The standard InChI is InChI=1S/C17H20N2OS/c1-11-4-5-14-15(10-12(2)18-16(14)13(11)3)17(20)19-6-8-21-9-7-19/h4-5,10H,6-9H2,1-3H3. The van der Waals surface area contributed by atoms with Crippen molar-refractivity contribution in [2.24, 2.45) is 0 Å². The second kappa shape index (κ2) is 5.68. The highest BCUT2D eigenvalue weighted by atomic mass is 32.2. The minimum absolute atomic E-state index is 0.147. The largest absolute Gasteiger partial charge is 0.337 e. The van der Waals surface area contributed by atoms with Gasteiger partial charge in [-0.05, 0) is 38.0 Å². The zero-order valence-corrected chi connectivity index (χ0v) is 13.6. The number of hydrogen-bond donors (Lipinski definition) is 0. The predicted molar refractivity (Wildman–Crippen MR) is 89.2 cm³/mol. The van der Waals surface area contributed by atoms with Crippen LogP contribution >= 0.6 is 11.8 Å². The minimum Gasteiger partial charge on any atom is -0.337 e. The molecule has 1 aromatic heterocycles. The Balaban J connectivity index is 2.13. The van der Waals surface area contributed by atoms with Gasteiger partial charge in [-0.2, -0.15) is 11.8 Å². The number of benzene rings is 1. The summed E-state index contributed by atoms with van der Waals surface area (Å²) in [5.74, 6) is 2.21. The SMILES string of the molecule is Cc1cc(C(=O)N2CCSCC2)c2ccc(C)c(C)c2n1. The topological polar surface area (TPSA) is 33.2 Å². The molecule has 0 saturated carbocycles. The fraction of sp³-hybridized carbons (Fsp3) is 0.412. The van der Waals surface area contributed by atoms with E-state index in [4.69, 9.17) is 0 Å². The lowest BCUT2D eigenvalue weighted by Crippen LogP contribution is -2.38. The molecule has 0 spiro atoms. The van der Waals surface area contributed by atoms with E-state index in [2.05, 4.69) is 24.9 Å². The van der Waals surface area contributed by atoms with Gasteiger partial charge in [0.05, 0.1) is 11.1 Å². The molecule has 0 atom stereocenters. The number of carbonyl (C=O) groups is 1. The molecule has 1 saturated heterocycles. The van der Waals surface area contributed by atoms with Gasteiger partial charge in [-0.3, -0.25) is 9.78 Å². The van der Waals surface area contributed by atoms with Crippen molar-refractivity contribution in [1.82, 2.24) is 9.88 Å². The van der Waals surface area contributed by atoms with Crippen LogP contribution in [0.3, 0.4) is 0 Å². The van der Waals surface area contributed by atoms with Gasteiger partial charge < -0.3 is 4.90 Å². The smallest absolute Gasteiger partial charge is 0.254 e. The number of pyridine rings is 1. The molecule has 0 unspecified atom stereocenters. The minimum atomic E-state index is 0.147. The van der Waals surface area contributed by atoms with Crippen LogP contribution in [0.4, 0.5) is 0 Å². The summed E-state index contributed by atoms with van der Waals surface area (Å²) in [6, 6.07) is 6.05. The van der Waals surface area contributed by atoms with E-state index in [-0.39, 0.29) is 5.91 Å². The molecular formula is C17H20N2OS. The Morgan fingerprint density at radius 2 is 1.90 bits per heavy atom. The van der Waals surface area contributed by atoms with Gasteiger partial charge >= 0.3 is 0 Å². The molecule has 2 heterocycles. The lowest BCUT2D eigenvalue weighted by molar-refractivity contribution is 0.0774. The zero-order chi connectivity index (χ0) is 15.0. The van der Waals surface area contributed by atoms with Crippen molar-refractivity contribution in [3.8, 4) is 0 Å². The average Bonchev–Trinajstić information content (AvgIpc) is 2.51. The number of rotatable bonds is 1. The normalized spacial score (nSPS) is 15.5. The van der Waals surface area contributed by atoms with E-state index < -0.39 is 0 Å². The average molecular weight is 300 g/mol. The molecule has 0 aliphatic carbocycles. The number of fused-ring (bicyclic) bond motifs is 1. The summed E-state index contributed by atoms with van der Waals surface area (Å²) in [6.45, 7) is 7.82. The molecular weight excluding hydrogens is 280 g/mol. The van der Waals surface area contributed by atoms with Crippen LogP contribution in [0, 0.1) is 20.8 Å². The van der Waals surface area contributed by atoms with Crippen molar-refractivity contribution < 1.29 is 4.79 Å². The van der Waals surface area contributed by atoms with Crippen molar-refractivity contribution in [3.63, 3.8) is 0 Å². The number of aryl methyl sites for hydroxylation is 3. The van der Waals surface area contributed by atoms with E-state index >= 15 is 0 Å². The molecule has 2 aromatic rings. The van der Waals surface area contributed by atoms with E-state index in [0.29, 0.717) is 0 Å². The molecule has 3 rings (SSSR count). The third-order valence-corrected chi connectivity index (χ3v) is 5.10. The van der Waals surface area contributed by atoms with Gasteiger partial charge in [0, 0.05) is 35.7 Å². The Labute approximate surface area is 129 Å². The summed E-state index contributed by atoms with van der Waals surface area (Å²) in [7, 11) is 0. The van der Waals surface area contributed by atoms with E-state index in [1.807, 2.05) is 35.7 Å². The van der Waals surface area contributed by atoms with Crippen molar-refractivity contribution in [3.05, 3.63) is 40.6 Å². The zero-order valence-electron chi connectivity index (χ0n) is 12.8. The van der Waals surface area contributed by atoms with Gasteiger partial charge in [-0.25, -0.2) is 0 Å². The molecule has 3 nitrogen and oxygen atoms in total. The first-order valence-electron chi connectivity index (χ1n) is 7.32. The maximum atomic E-state index is 12.9. The third-order valence-electron chi connectivity index (χ3n) is 4.16. The van der Waals surface area contributed by atoms with E-state index in [9.17, 15) is 4.79 Å². The lowest BCUT2D eigenvalue weighted by atomic mass is 10.0. The van der Waals surface area contributed by atoms with Crippen LogP contribution in [0.25, 0.3) is 10.9 Å². The summed E-state index contributed by atoms with van der Waals surface area (Å²) < 4.78 is 0. The van der Waals surface area contributed by atoms with Crippen LogP contribution < -0.4 is 0 Å². The summed E-state index contributed by atoms with van der Waals surface area (Å²) in [4.78, 5) is 19.5. The van der Waals surface area contributed by atoms with E-state index in [1.54, 1.807) is 0 Å². The van der Waals surface area contributed by atoms with Crippen LogP contribution in [0.1, 0.15) is 27.2 Å². The van der Waals surface area contributed by atoms with Crippen LogP contribution in [0.5, 0.6) is 0 Å². The number of carbonyl (C=O) groups excluding carboxylic acids is 1. The van der Waals surface area contributed by atoms with Crippen LogP contribution in [-0.2, 0) is 0 Å². The summed E-state index contributed by atoms with van der Waals surface area (Å²) in [6.07, 6.45) is 0. The third kappa shape index (κ3) is 2.64. The number of aromatic nitrogens is 1. The maximum absolute atomic E-state index is 12.9. The summed E-state index contributed by atoms with van der Waals surface area (Å²) in [5.41, 5.74) is 5.05. The first-order chi connectivity index (χ1) is 10.1. The van der Waals surface area contributed by atoms with Crippen LogP contribution in [0.2, 0.25) is 0 Å². The molecule has 1 aliphatic heterocycles. The molecule has 110 valence electrons. The Kier molecular flexibility index (Phi) is 3.89. The van der Waals surface area contributed by atoms with Crippen molar-refractivity contribution in [2.75, 3.05) is 24.6 Å². The molecule has 0 N–H and O–H groups in total. The monoisotopic (exact) mass is 300 g/mol. The second-order valence-corrected chi connectivity index (χ2v) is 6.84. The number of thioether (sulfide) groups is 1. The first-order valence-corrected chi connectivity index (χ1v) is 8.48. The molecule has 1 fully saturated rings. The molecule has 1 amide bonds. The highest BCUT2D eigenvalue weighted by Gasteiger charge is 2.21. The molecule has 1 aliphatic rings. The fourth-order valence-corrected chi connectivity index (χ4v) is 3.67. The Hall–Kier alpha value is -1.55. The van der Waals surface area contributed by atoms with E-state index in [0.717, 1.165) is 46.8 Å². The van der Waals surface area contributed by atoms with Gasteiger partial charge in [0.1, 0.15) is 0 Å².